The highest BCUT2D eigenvalue weighted by atomic mass is 32.2. The van der Waals surface area contributed by atoms with Crippen LogP contribution in [-0.4, -0.2) is 26.7 Å². The van der Waals surface area contributed by atoms with Crippen molar-refractivity contribution >= 4 is 10.0 Å². The average molecular weight is 313 g/mol. The van der Waals surface area contributed by atoms with Gasteiger partial charge in [-0.1, -0.05) is 32.6 Å². The van der Waals surface area contributed by atoms with Gasteiger partial charge in [0.05, 0.1) is 6.61 Å². The van der Waals surface area contributed by atoms with Crippen LogP contribution in [0.1, 0.15) is 32.8 Å². The van der Waals surface area contributed by atoms with E-state index < -0.39 is 15.8 Å². The summed E-state index contributed by atoms with van der Waals surface area (Å²) in [7, 11) is -3.88. The summed E-state index contributed by atoms with van der Waals surface area (Å²) < 4.78 is 40.4. The fraction of sp³-hybridized carbons (Fsp3) is 0.467. The lowest BCUT2D eigenvalue weighted by molar-refractivity contribution is 0.305. The first-order chi connectivity index (χ1) is 9.65. The first kappa shape index (κ1) is 17.6. The Labute approximate surface area is 125 Å². The van der Waals surface area contributed by atoms with Crippen LogP contribution in [0.5, 0.6) is 0 Å². The third-order valence-corrected chi connectivity index (χ3v) is 3.92. The molecule has 6 heteroatoms. The van der Waals surface area contributed by atoms with Gasteiger partial charge < -0.3 is 5.11 Å². The maximum Gasteiger partial charge on any atom is 0.243 e. The van der Waals surface area contributed by atoms with Crippen LogP contribution in [0.3, 0.4) is 0 Å². The van der Waals surface area contributed by atoms with Crippen molar-refractivity contribution < 1.29 is 17.9 Å². The highest BCUT2D eigenvalue weighted by Crippen LogP contribution is 2.18. The predicted octanol–water partition coefficient (Wildman–Crippen LogP) is 1.88. The summed E-state index contributed by atoms with van der Waals surface area (Å²) in [6, 6.07) is 3.72. The van der Waals surface area contributed by atoms with E-state index >= 15 is 0 Å². The standard InChI is InChI=1S/C15H20FNO3S/c1-15(2,3)11-17-21(19,20)14-8-7-12(10-13(14)16)6-4-5-9-18/h7-8,10,17-18H,5,9,11H2,1-3H3. The fourth-order valence-corrected chi connectivity index (χ4v) is 2.75. The van der Waals surface area contributed by atoms with Crippen LogP contribution >= 0.6 is 0 Å². The summed E-state index contributed by atoms with van der Waals surface area (Å²) in [5.41, 5.74) is 0.134. The molecular weight excluding hydrogens is 293 g/mol. The van der Waals surface area contributed by atoms with Gasteiger partial charge in [-0.2, -0.15) is 0 Å². The molecule has 0 heterocycles. The summed E-state index contributed by atoms with van der Waals surface area (Å²) in [6.07, 6.45) is 0.287. The predicted molar refractivity (Wildman–Crippen MR) is 79.6 cm³/mol. The van der Waals surface area contributed by atoms with Crippen LogP contribution in [-0.2, 0) is 10.0 Å². The molecule has 21 heavy (non-hydrogen) atoms. The van der Waals surface area contributed by atoms with E-state index in [0.717, 1.165) is 6.07 Å². The van der Waals surface area contributed by atoms with Gasteiger partial charge in [0.2, 0.25) is 10.0 Å². The molecule has 2 N–H and O–H groups in total. The summed E-state index contributed by atoms with van der Waals surface area (Å²) in [4.78, 5) is -0.389. The minimum atomic E-state index is -3.88. The summed E-state index contributed by atoms with van der Waals surface area (Å²) in [6.45, 7) is 5.79. The molecule has 4 nitrogen and oxygen atoms in total. The zero-order valence-electron chi connectivity index (χ0n) is 12.4. The van der Waals surface area contributed by atoms with Gasteiger partial charge in [-0.3, -0.25) is 0 Å². The van der Waals surface area contributed by atoms with Gasteiger partial charge in [0.1, 0.15) is 10.7 Å². The summed E-state index contributed by atoms with van der Waals surface area (Å²) in [5.74, 6) is 4.47. The second kappa shape index (κ2) is 7.03. The molecule has 116 valence electrons. The number of rotatable bonds is 4. The fourth-order valence-electron chi connectivity index (χ4n) is 1.41. The van der Waals surface area contributed by atoms with Crippen molar-refractivity contribution in [1.29, 1.82) is 0 Å². The van der Waals surface area contributed by atoms with Crippen molar-refractivity contribution in [2.75, 3.05) is 13.2 Å². The van der Waals surface area contributed by atoms with Gasteiger partial charge in [0.15, 0.2) is 0 Å². The Hall–Kier alpha value is -1.42. The number of nitrogens with one attached hydrogen (secondary N) is 1. The van der Waals surface area contributed by atoms with E-state index in [1.165, 1.54) is 12.1 Å². The van der Waals surface area contributed by atoms with Crippen LogP contribution < -0.4 is 4.72 Å². The van der Waals surface area contributed by atoms with Crippen molar-refractivity contribution in [3.05, 3.63) is 29.6 Å². The van der Waals surface area contributed by atoms with Crippen LogP contribution in [0.2, 0.25) is 0 Å². The average Bonchev–Trinajstić information content (AvgIpc) is 2.36. The van der Waals surface area contributed by atoms with E-state index in [9.17, 15) is 12.8 Å². The first-order valence-corrected chi connectivity index (χ1v) is 8.03. The van der Waals surface area contributed by atoms with E-state index in [1.54, 1.807) is 0 Å². The van der Waals surface area contributed by atoms with Gasteiger partial charge in [0.25, 0.3) is 0 Å². The second-order valence-corrected chi connectivity index (χ2v) is 7.54. The maximum atomic E-state index is 13.9. The number of hydrogen-bond donors (Lipinski definition) is 2. The molecular formula is C15H20FNO3S. The maximum absolute atomic E-state index is 13.9. The van der Waals surface area contributed by atoms with Gasteiger partial charge in [-0.25, -0.2) is 17.5 Å². The molecule has 0 atom stereocenters. The zero-order chi connectivity index (χ0) is 16.1. The van der Waals surface area contributed by atoms with E-state index in [-0.39, 0.29) is 29.9 Å². The first-order valence-electron chi connectivity index (χ1n) is 6.55. The Morgan fingerprint density at radius 3 is 2.52 bits per heavy atom. The summed E-state index contributed by atoms with van der Waals surface area (Å²) >= 11 is 0. The quantitative estimate of drug-likeness (QED) is 0.834. The molecule has 0 spiro atoms. The molecule has 0 unspecified atom stereocenters. The molecule has 0 aliphatic rings. The van der Waals surface area contributed by atoms with Crippen LogP contribution in [0.4, 0.5) is 4.39 Å². The Kier molecular flexibility index (Phi) is 5.90. The largest absolute Gasteiger partial charge is 0.395 e. The lowest BCUT2D eigenvalue weighted by Gasteiger charge is -2.18. The molecule has 0 amide bonds. The Balaban J connectivity index is 2.97. The third-order valence-electron chi connectivity index (χ3n) is 2.48. The molecule has 1 rings (SSSR count). The summed E-state index contributed by atoms with van der Waals surface area (Å²) in [5, 5.41) is 8.61. The molecule has 0 radical (unpaired) electrons. The van der Waals surface area contributed by atoms with Crippen LogP contribution in [0.15, 0.2) is 23.1 Å². The Morgan fingerprint density at radius 2 is 2.00 bits per heavy atom. The number of aliphatic hydroxyl groups is 1. The molecule has 0 bridgehead atoms. The minimum absolute atomic E-state index is 0.0708. The van der Waals surface area contributed by atoms with Gasteiger partial charge in [0, 0.05) is 18.5 Å². The lowest BCUT2D eigenvalue weighted by atomic mass is 9.98. The number of aliphatic hydroxyl groups excluding tert-OH is 1. The molecule has 0 saturated carbocycles. The van der Waals surface area contributed by atoms with Crippen molar-refractivity contribution in [2.45, 2.75) is 32.1 Å². The molecule has 0 fully saturated rings. The van der Waals surface area contributed by atoms with E-state index in [2.05, 4.69) is 16.6 Å². The van der Waals surface area contributed by atoms with Crippen molar-refractivity contribution in [2.24, 2.45) is 5.41 Å². The molecule has 0 aromatic heterocycles. The molecule has 0 aliphatic carbocycles. The molecule has 0 aliphatic heterocycles. The second-order valence-electron chi connectivity index (χ2n) is 5.81. The lowest BCUT2D eigenvalue weighted by Crippen LogP contribution is -2.32. The van der Waals surface area contributed by atoms with Gasteiger partial charge in [-0.15, -0.1) is 0 Å². The van der Waals surface area contributed by atoms with E-state index in [0.29, 0.717) is 5.56 Å². The van der Waals surface area contributed by atoms with E-state index in [4.69, 9.17) is 5.11 Å². The number of halogens is 1. The van der Waals surface area contributed by atoms with Crippen LogP contribution in [0, 0.1) is 23.1 Å². The zero-order valence-corrected chi connectivity index (χ0v) is 13.2. The number of hydrogen-bond acceptors (Lipinski definition) is 3. The van der Waals surface area contributed by atoms with Gasteiger partial charge in [-0.05, 0) is 23.6 Å². The van der Waals surface area contributed by atoms with Gasteiger partial charge >= 0.3 is 0 Å². The van der Waals surface area contributed by atoms with Crippen LogP contribution in [0.25, 0.3) is 0 Å². The molecule has 0 saturated heterocycles. The van der Waals surface area contributed by atoms with Crippen molar-refractivity contribution in [1.82, 2.24) is 4.72 Å². The van der Waals surface area contributed by atoms with E-state index in [1.807, 2.05) is 20.8 Å². The Bertz CT molecular complexity index is 652. The normalized spacial score (nSPS) is 11.9. The van der Waals surface area contributed by atoms with Crippen molar-refractivity contribution in [3.63, 3.8) is 0 Å². The third kappa shape index (κ3) is 5.84. The number of benzene rings is 1. The highest BCUT2D eigenvalue weighted by Gasteiger charge is 2.21. The SMILES string of the molecule is CC(C)(C)CNS(=O)(=O)c1ccc(C#CCCO)cc1F. The topological polar surface area (TPSA) is 66.4 Å². The monoisotopic (exact) mass is 313 g/mol. The molecule has 1 aromatic rings. The van der Waals surface area contributed by atoms with Crippen molar-refractivity contribution in [3.8, 4) is 11.8 Å². The highest BCUT2D eigenvalue weighted by molar-refractivity contribution is 7.89. The minimum Gasteiger partial charge on any atom is -0.395 e. The number of sulfonamides is 1. The Morgan fingerprint density at radius 1 is 1.33 bits per heavy atom. The smallest absolute Gasteiger partial charge is 0.243 e. The molecule has 1 aromatic carbocycles.